The summed E-state index contributed by atoms with van der Waals surface area (Å²) in [6.45, 7) is 0.168. The molecule has 1 aliphatic rings. The van der Waals surface area contributed by atoms with Gasteiger partial charge in [0.2, 0.25) is 0 Å². The summed E-state index contributed by atoms with van der Waals surface area (Å²) in [6, 6.07) is 14.9. The Morgan fingerprint density at radius 2 is 1.78 bits per heavy atom. The molecule has 1 aromatic heterocycles. The van der Waals surface area contributed by atoms with E-state index in [1.807, 2.05) is 12.1 Å². The van der Waals surface area contributed by atoms with E-state index in [1.165, 1.54) is 6.07 Å². The molecule has 3 aromatic carbocycles. The molecule has 212 valence electrons. The van der Waals surface area contributed by atoms with Gasteiger partial charge in [0.15, 0.2) is 0 Å². The largest absolute Gasteiger partial charge is 0.493 e. The zero-order chi connectivity index (χ0) is 29.1. The second kappa shape index (κ2) is 11.7. The number of aromatic nitrogens is 2. The molecule has 0 radical (unpaired) electrons. The van der Waals surface area contributed by atoms with Crippen molar-refractivity contribution >= 4 is 34.5 Å². The number of halogens is 4. The molecule has 4 aromatic rings. The molecule has 1 atom stereocenters. The topological polar surface area (TPSA) is 101 Å². The van der Waals surface area contributed by atoms with Gasteiger partial charge >= 0.3 is 12.1 Å². The van der Waals surface area contributed by atoms with Crippen molar-refractivity contribution in [1.82, 2.24) is 15.3 Å². The van der Waals surface area contributed by atoms with E-state index in [2.05, 4.69) is 5.32 Å². The summed E-state index contributed by atoms with van der Waals surface area (Å²) in [5, 5.41) is 12.5. The van der Waals surface area contributed by atoms with E-state index >= 15 is 0 Å². The zero-order valence-corrected chi connectivity index (χ0v) is 22.4. The average molecular weight is 584 g/mol. The summed E-state index contributed by atoms with van der Waals surface area (Å²) < 4.78 is 44.8. The molecule has 5 rings (SSSR count). The minimum atomic E-state index is -4.50. The van der Waals surface area contributed by atoms with Crippen LogP contribution < -0.4 is 10.1 Å². The first-order chi connectivity index (χ1) is 19.6. The lowest BCUT2D eigenvalue weighted by Gasteiger charge is -2.27. The van der Waals surface area contributed by atoms with Crippen molar-refractivity contribution in [2.75, 3.05) is 6.61 Å². The van der Waals surface area contributed by atoms with Crippen LogP contribution in [0, 0.1) is 0 Å². The summed E-state index contributed by atoms with van der Waals surface area (Å²) in [6.07, 6.45) is -2.48. The predicted molar refractivity (Wildman–Crippen MR) is 147 cm³/mol. The van der Waals surface area contributed by atoms with Crippen LogP contribution in [-0.4, -0.2) is 33.6 Å². The van der Waals surface area contributed by atoms with Gasteiger partial charge in [-0.1, -0.05) is 29.8 Å². The second-order valence-electron chi connectivity index (χ2n) is 9.74. The van der Waals surface area contributed by atoms with Crippen LogP contribution in [0.15, 0.2) is 60.7 Å². The third kappa shape index (κ3) is 6.59. The minimum absolute atomic E-state index is 0.0501. The normalized spacial score (nSPS) is 14.8. The molecule has 11 heteroatoms. The van der Waals surface area contributed by atoms with Gasteiger partial charge in [-0.3, -0.25) is 9.59 Å². The molecule has 0 fully saturated rings. The van der Waals surface area contributed by atoms with Crippen molar-refractivity contribution in [3.63, 3.8) is 0 Å². The number of fused-ring (bicyclic) bond motifs is 2. The number of rotatable bonds is 8. The average Bonchev–Trinajstić information content (AvgIpc) is 2.94. The number of aliphatic carboxylic acids is 1. The molecule has 7 nitrogen and oxygen atoms in total. The highest BCUT2D eigenvalue weighted by Crippen LogP contribution is 2.38. The Hall–Kier alpha value is -4.18. The third-order valence-corrected chi connectivity index (χ3v) is 7.11. The van der Waals surface area contributed by atoms with E-state index in [9.17, 15) is 22.8 Å². The number of aryl methyl sites for hydroxylation is 1. The van der Waals surface area contributed by atoms with Crippen LogP contribution in [0.1, 0.15) is 58.9 Å². The molecular formula is C30H25ClF3N3O4. The van der Waals surface area contributed by atoms with Gasteiger partial charge in [0.25, 0.3) is 5.91 Å². The Kier molecular flexibility index (Phi) is 8.12. The summed E-state index contributed by atoms with van der Waals surface area (Å²) in [4.78, 5) is 33.8. The number of nitrogens with one attached hydrogen (secondary N) is 1. The van der Waals surface area contributed by atoms with Crippen molar-refractivity contribution in [1.29, 1.82) is 0 Å². The summed E-state index contributed by atoms with van der Waals surface area (Å²) in [7, 11) is 0. The molecule has 41 heavy (non-hydrogen) atoms. The van der Waals surface area contributed by atoms with Crippen LogP contribution in [0.2, 0.25) is 5.02 Å². The first-order valence-electron chi connectivity index (χ1n) is 13.0. The first kappa shape index (κ1) is 28.4. The van der Waals surface area contributed by atoms with Gasteiger partial charge in [-0.25, -0.2) is 9.97 Å². The van der Waals surface area contributed by atoms with E-state index in [4.69, 9.17) is 31.4 Å². The number of carboxylic acid groups (broad SMARTS) is 1. The molecule has 0 aliphatic carbocycles. The van der Waals surface area contributed by atoms with Crippen LogP contribution in [0.4, 0.5) is 13.2 Å². The molecule has 0 bridgehead atoms. The highest BCUT2D eigenvalue weighted by Gasteiger charge is 2.33. The van der Waals surface area contributed by atoms with Crippen molar-refractivity contribution in [3.8, 4) is 17.0 Å². The summed E-state index contributed by atoms with van der Waals surface area (Å²) in [5.41, 5.74) is 3.18. The van der Waals surface area contributed by atoms with Crippen LogP contribution in [0.5, 0.6) is 5.75 Å². The van der Waals surface area contributed by atoms with Gasteiger partial charge in [-0.05, 0) is 61.7 Å². The summed E-state index contributed by atoms with van der Waals surface area (Å²) >= 11 is 6.05. The first-order valence-corrected chi connectivity index (χ1v) is 13.4. The van der Waals surface area contributed by atoms with Crippen molar-refractivity contribution in [2.45, 2.75) is 44.3 Å². The predicted octanol–water partition coefficient (Wildman–Crippen LogP) is 7.02. The quantitative estimate of drug-likeness (QED) is 0.216. The molecule has 0 saturated carbocycles. The van der Waals surface area contributed by atoms with Crippen LogP contribution in [0.3, 0.4) is 0 Å². The maximum Gasteiger partial charge on any atom is 0.416 e. The summed E-state index contributed by atoms with van der Waals surface area (Å²) in [5.74, 6) is -1.17. The fraction of sp³-hybridized carbons (Fsp3) is 0.267. The third-order valence-electron chi connectivity index (χ3n) is 6.86. The Balaban J connectivity index is 1.41. The number of carboxylic acids is 1. The van der Waals surface area contributed by atoms with Crippen LogP contribution in [0.25, 0.3) is 22.3 Å². The highest BCUT2D eigenvalue weighted by atomic mass is 35.5. The molecule has 2 N–H and O–H groups in total. The van der Waals surface area contributed by atoms with Crippen LogP contribution in [-0.2, 0) is 17.4 Å². The lowest BCUT2D eigenvalue weighted by atomic mass is 9.98. The zero-order valence-electron chi connectivity index (χ0n) is 21.7. The number of hydrogen-bond donors (Lipinski definition) is 2. The fourth-order valence-electron chi connectivity index (χ4n) is 4.77. The number of hydrogen-bond acceptors (Lipinski definition) is 5. The van der Waals surface area contributed by atoms with E-state index in [0.717, 1.165) is 17.7 Å². The second-order valence-corrected chi connectivity index (χ2v) is 10.2. The van der Waals surface area contributed by atoms with Crippen molar-refractivity contribution in [3.05, 3.63) is 88.1 Å². The molecular weight excluding hydrogens is 559 g/mol. The highest BCUT2D eigenvalue weighted by molar-refractivity contribution is 6.30. The minimum Gasteiger partial charge on any atom is -0.493 e. The van der Waals surface area contributed by atoms with Crippen LogP contribution >= 0.6 is 11.6 Å². The number of carbonyl (C=O) groups excluding carboxylic acids is 1. The number of alkyl halides is 3. The van der Waals surface area contributed by atoms with E-state index in [0.29, 0.717) is 64.3 Å². The smallest absolute Gasteiger partial charge is 0.416 e. The number of benzene rings is 3. The maximum atomic E-state index is 13.2. The molecule has 2 heterocycles. The standard InChI is InChI=1S/C30H25ClF3N3O4/c31-20-9-5-17(6-10-20)28-24(3-1-2-4-27(38)39)35-25-15-18(7-12-23(25)36-28)29(40)37-22-13-14-41-26-16-19(30(32,33)34)8-11-21(22)26/h5-12,15-16,22H,1-4,13-14H2,(H,37,40)(H,38,39). The monoisotopic (exact) mass is 583 g/mol. The van der Waals surface area contributed by atoms with E-state index in [1.54, 1.807) is 30.3 Å². The molecule has 1 aliphatic heterocycles. The maximum absolute atomic E-state index is 13.2. The van der Waals surface area contributed by atoms with Crippen molar-refractivity contribution < 1.29 is 32.6 Å². The van der Waals surface area contributed by atoms with E-state index < -0.39 is 29.7 Å². The number of carbonyl (C=O) groups is 2. The van der Waals surface area contributed by atoms with E-state index in [-0.39, 0.29) is 18.8 Å². The Morgan fingerprint density at radius 1 is 1.00 bits per heavy atom. The van der Waals surface area contributed by atoms with Crippen molar-refractivity contribution in [2.24, 2.45) is 0 Å². The SMILES string of the molecule is O=C(O)CCCCc1nc2cc(C(=O)NC3CCOc4cc(C(F)(F)F)ccc43)ccc2nc1-c1ccc(Cl)cc1. The fourth-order valence-corrected chi connectivity index (χ4v) is 4.90. The Labute approximate surface area is 238 Å². The lowest BCUT2D eigenvalue weighted by molar-refractivity contribution is -0.138. The van der Waals surface area contributed by atoms with Gasteiger partial charge in [-0.2, -0.15) is 13.2 Å². The molecule has 1 unspecified atom stereocenters. The van der Waals surface area contributed by atoms with Gasteiger partial charge < -0.3 is 15.2 Å². The Morgan fingerprint density at radius 3 is 2.51 bits per heavy atom. The number of nitrogens with zero attached hydrogens (tertiary/aromatic N) is 2. The van der Waals surface area contributed by atoms with Gasteiger partial charge in [0.05, 0.1) is 40.6 Å². The Bertz CT molecular complexity index is 1610. The van der Waals surface area contributed by atoms with Gasteiger partial charge in [0.1, 0.15) is 5.75 Å². The number of unbranched alkanes of at least 4 members (excludes halogenated alkanes) is 1. The molecule has 0 spiro atoms. The number of amides is 1. The molecule has 1 amide bonds. The van der Waals surface area contributed by atoms with Gasteiger partial charge in [-0.15, -0.1) is 0 Å². The lowest BCUT2D eigenvalue weighted by Crippen LogP contribution is -2.32. The van der Waals surface area contributed by atoms with Gasteiger partial charge in [0, 0.05) is 34.6 Å². The number of ether oxygens (including phenoxy) is 1. The molecule has 0 saturated heterocycles.